The van der Waals surface area contributed by atoms with E-state index in [0.29, 0.717) is 17.9 Å². The minimum absolute atomic E-state index is 0.568. The van der Waals surface area contributed by atoms with Crippen molar-refractivity contribution in [1.82, 2.24) is 4.90 Å². The molecule has 0 saturated heterocycles. The lowest BCUT2D eigenvalue weighted by molar-refractivity contribution is 0.176. The molecular formula is C19H27N. The van der Waals surface area contributed by atoms with Crippen molar-refractivity contribution in [2.24, 2.45) is 11.8 Å². The van der Waals surface area contributed by atoms with Crippen molar-refractivity contribution >= 4 is 0 Å². The first-order valence-electron chi connectivity index (χ1n) is 7.72. The molecule has 0 fully saturated rings. The molecule has 0 amide bonds. The van der Waals surface area contributed by atoms with E-state index in [0.717, 1.165) is 13.0 Å². The molecule has 0 spiro atoms. The first-order chi connectivity index (χ1) is 9.63. The van der Waals surface area contributed by atoms with Crippen LogP contribution in [-0.2, 0) is 6.42 Å². The maximum atomic E-state index is 2.50. The minimum Gasteiger partial charge on any atom is -0.303 e. The van der Waals surface area contributed by atoms with Gasteiger partial charge < -0.3 is 4.90 Å². The second-order valence-electron chi connectivity index (χ2n) is 6.01. The molecule has 1 aliphatic rings. The molecule has 108 valence electrons. The molecule has 3 unspecified atom stereocenters. The average molecular weight is 269 g/mol. The second kappa shape index (κ2) is 6.90. The molecule has 0 N–H and O–H groups in total. The quantitative estimate of drug-likeness (QED) is 0.769. The van der Waals surface area contributed by atoms with Crippen molar-refractivity contribution in [3.05, 3.63) is 59.7 Å². The maximum absolute atomic E-state index is 2.50. The van der Waals surface area contributed by atoms with Gasteiger partial charge in [-0.05, 0) is 38.4 Å². The molecule has 1 nitrogen and oxygen atoms in total. The van der Waals surface area contributed by atoms with Gasteiger partial charge >= 0.3 is 0 Å². The molecule has 0 aromatic heterocycles. The summed E-state index contributed by atoms with van der Waals surface area (Å²) >= 11 is 0. The molecule has 20 heavy (non-hydrogen) atoms. The van der Waals surface area contributed by atoms with Crippen LogP contribution in [0.25, 0.3) is 0 Å². The van der Waals surface area contributed by atoms with Gasteiger partial charge in [-0.15, -0.1) is 0 Å². The fourth-order valence-corrected chi connectivity index (χ4v) is 3.33. The number of nitrogens with zero attached hydrogens (tertiary/aromatic N) is 1. The van der Waals surface area contributed by atoms with Crippen LogP contribution in [0.5, 0.6) is 0 Å². The Balaban J connectivity index is 2.24. The third kappa shape index (κ3) is 3.40. The van der Waals surface area contributed by atoms with Crippen LogP contribution >= 0.6 is 0 Å². The molecule has 1 aromatic carbocycles. The van der Waals surface area contributed by atoms with Crippen LogP contribution < -0.4 is 0 Å². The fraction of sp³-hybridized carbons (Fsp3) is 0.474. The number of rotatable bonds is 5. The number of hydrogen-bond donors (Lipinski definition) is 0. The summed E-state index contributed by atoms with van der Waals surface area (Å²) in [4.78, 5) is 2.50. The minimum atomic E-state index is 0.568. The van der Waals surface area contributed by atoms with Crippen molar-refractivity contribution in [3.63, 3.8) is 0 Å². The fourth-order valence-electron chi connectivity index (χ4n) is 3.33. The summed E-state index contributed by atoms with van der Waals surface area (Å²) in [5.74, 6) is 1.23. The van der Waals surface area contributed by atoms with Gasteiger partial charge in [0.15, 0.2) is 0 Å². The number of benzene rings is 1. The van der Waals surface area contributed by atoms with E-state index >= 15 is 0 Å². The largest absolute Gasteiger partial charge is 0.303 e. The molecule has 0 bridgehead atoms. The van der Waals surface area contributed by atoms with Gasteiger partial charge in [-0.2, -0.15) is 0 Å². The Morgan fingerprint density at radius 1 is 1.20 bits per heavy atom. The lowest BCUT2D eigenvalue weighted by atomic mass is 9.76. The summed E-state index contributed by atoms with van der Waals surface area (Å²) in [6.07, 6.45) is 7.96. The monoisotopic (exact) mass is 269 g/mol. The predicted octanol–water partition coefficient (Wildman–Crippen LogP) is 4.32. The van der Waals surface area contributed by atoms with E-state index in [4.69, 9.17) is 0 Å². The number of likely N-dealkylation sites (N-methyl/N-ethyl adjacent to an activating group) is 1. The highest BCUT2D eigenvalue weighted by molar-refractivity contribution is 5.25. The Morgan fingerprint density at radius 3 is 2.50 bits per heavy atom. The smallest absolute Gasteiger partial charge is 0.0203 e. The van der Waals surface area contributed by atoms with Crippen molar-refractivity contribution in [2.45, 2.75) is 33.2 Å². The maximum Gasteiger partial charge on any atom is 0.0203 e. The molecule has 0 radical (unpaired) electrons. The van der Waals surface area contributed by atoms with E-state index in [9.17, 15) is 0 Å². The SMILES string of the molecule is CCN(C)C(Cc1ccccc1)C1C(C)=CC=CC1C. The first-order valence-corrected chi connectivity index (χ1v) is 7.72. The van der Waals surface area contributed by atoms with Gasteiger partial charge in [0, 0.05) is 12.0 Å². The van der Waals surface area contributed by atoms with Crippen molar-refractivity contribution in [2.75, 3.05) is 13.6 Å². The third-order valence-corrected chi connectivity index (χ3v) is 4.63. The normalized spacial score (nSPS) is 23.8. The molecule has 0 heterocycles. The van der Waals surface area contributed by atoms with Gasteiger partial charge in [0.2, 0.25) is 0 Å². The Labute approximate surface area is 124 Å². The van der Waals surface area contributed by atoms with Crippen LogP contribution in [0.15, 0.2) is 54.1 Å². The van der Waals surface area contributed by atoms with E-state index < -0.39 is 0 Å². The predicted molar refractivity (Wildman–Crippen MR) is 87.8 cm³/mol. The summed E-state index contributed by atoms with van der Waals surface area (Å²) < 4.78 is 0. The van der Waals surface area contributed by atoms with Gasteiger partial charge in [0.05, 0.1) is 0 Å². The summed E-state index contributed by atoms with van der Waals surface area (Å²) in [5.41, 5.74) is 2.95. The molecule has 1 aromatic rings. The van der Waals surface area contributed by atoms with Crippen LogP contribution in [0, 0.1) is 11.8 Å². The van der Waals surface area contributed by atoms with Crippen LogP contribution in [0.3, 0.4) is 0 Å². The van der Waals surface area contributed by atoms with E-state index in [1.54, 1.807) is 0 Å². The van der Waals surface area contributed by atoms with E-state index in [-0.39, 0.29) is 0 Å². The van der Waals surface area contributed by atoms with E-state index in [2.05, 4.69) is 81.3 Å². The van der Waals surface area contributed by atoms with E-state index in [1.165, 1.54) is 11.1 Å². The highest BCUT2D eigenvalue weighted by Crippen LogP contribution is 2.32. The molecule has 2 rings (SSSR count). The molecule has 0 saturated carbocycles. The van der Waals surface area contributed by atoms with Crippen LogP contribution in [-0.4, -0.2) is 24.5 Å². The summed E-state index contributed by atoms with van der Waals surface area (Å²) in [6.45, 7) is 7.98. The highest BCUT2D eigenvalue weighted by atomic mass is 15.1. The molecule has 3 atom stereocenters. The molecular weight excluding hydrogens is 242 g/mol. The lowest BCUT2D eigenvalue weighted by Gasteiger charge is -2.38. The number of allylic oxidation sites excluding steroid dienone is 3. The standard InChI is InChI=1S/C19H27N/c1-5-20(4)18(14-17-12-7-6-8-13-17)19-15(2)10-9-11-16(19)3/h6-13,15,18-19H,5,14H2,1-4H3. The van der Waals surface area contributed by atoms with Gasteiger partial charge in [-0.3, -0.25) is 0 Å². The Morgan fingerprint density at radius 2 is 1.90 bits per heavy atom. The van der Waals surface area contributed by atoms with Crippen molar-refractivity contribution in [3.8, 4) is 0 Å². The zero-order chi connectivity index (χ0) is 14.5. The van der Waals surface area contributed by atoms with Crippen LogP contribution in [0.1, 0.15) is 26.3 Å². The molecule has 1 heteroatoms. The topological polar surface area (TPSA) is 3.24 Å². The van der Waals surface area contributed by atoms with Gasteiger partial charge in [-0.25, -0.2) is 0 Å². The summed E-state index contributed by atoms with van der Waals surface area (Å²) in [5, 5.41) is 0. The summed E-state index contributed by atoms with van der Waals surface area (Å²) in [6, 6.07) is 11.5. The second-order valence-corrected chi connectivity index (χ2v) is 6.01. The number of hydrogen-bond acceptors (Lipinski definition) is 1. The Hall–Kier alpha value is -1.34. The van der Waals surface area contributed by atoms with Crippen molar-refractivity contribution in [1.29, 1.82) is 0 Å². The zero-order valence-corrected chi connectivity index (χ0v) is 13.2. The van der Waals surface area contributed by atoms with Crippen LogP contribution in [0.4, 0.5) is 0 Å². The van der Waals surface area contributed by atoms with E-state index in [1.807, 2.05) is 0 Å². The summed E-state index contributed by atoms with van der Waals surface area (Å²) in [7, 11) is 2.26. The Bertz CT molecular complexity index is 472. The van der Waals surface area contributed by atoms with Crippen LogP contribution in [0.2, 0.25) is 0 Å². The highest BCUT2D eigenvalue weighted by Gasteiger charge is 2.30. The van der Waals surface area contributed by atoms with Gasteiger partial charge in [0.25, 0.3) is 0 Å². The van der Waals surface area contributed by atoms with Crippen molar-refractivity contribution < 1.29 is 0 Å². The Kier molecular flexibility index (Phi) is 5.19. The zero-order valence-electron chi connectivity index (χ0n) is 13.2. The third-order valence-electron chi connectivity index (χ3n) is 4.63. The molecule has 1 aliphatic carbocycles. The van der Waals surface area contributed by atoms with Gasteiger partial charge in [0.1, 0.15) is 0 Å². The molecule has 0 aliphatic heterocycles. The lowest BCUT2D eigenvalue weighted by Crippen LogP contribution is -2.42. The first kappa shape index (κ1) is 15.1. The van der Waals surface area contributed by atoms with Gasteiger partial charge in [-0.1, -0.05) is 68.0 Å². The average Bonchev–Trinajstić information content (AvgIpc) is 2.46.